The Hall–Kier alpha value is -2.74. The highest BCUT2D eigenvalue weighted by atomic mass is 19.2. The number of rotatable bonds is 6. The second-order valence-corrected chi connectivity index (χ2v) is 5.21. The van der Waals surface area contributed by atoms with Gasteiger partial charge < -0.3 is 15.1 Å². The first-order chi connectivity index (χ1) is 11.5. The first-order valence-corrected chi connectivity index (χ1v) is 7.34. The number of carbonyl (C=O) groups excluding carboxylic acids is 2. The van der Waals surface area contributed by atoms with Crippen molar-refractivity contribution in [2.45, 2.75) is 19.5 Å². The average Bonchev–Trinajstić information content (AvgIpc) is 3.06. The average molecular weight is 338 g/mol. The fraction of sp³-hybridized carbons (Fsp3) is 0.250. The number of nitrogens with one attached hydrogen (secondary N) is 2. The molecular weight excluding hydrogens is 320 g/mol. The van der Waals surface area contributed by atoms with E-state index in [1.165, 1.54) is 12.3 Å². The quantitative estimate of drug-likeness (QED) is 0.740. The molecule has 3 amide bonds. The zero-order valence-electron chi connectivity index (χ0n) is 13.0. The maximum atomic E-state index is 13.2. The highest BCUT2D eigenvalue weighted by Crippen LogP contribution is 2.12. The first-order valence-electron chi connectivity index (χ1n) is 7.34. The maximum absolute atomic E-state index is 13.2. The lowest BCUT2D eigenvalue weighted by Crippen LogP contribution is -2.87. The van der Waals surface area contributed by atoms with Gasteiger partial charge in [0.05, 0.1) is 12.8 Å². The minimum Gasteiger partial charge on any atom is -0.467 e. The van der Waals surface area contributed by atoms with Gasteiger partial charge in [0, 0.05) is 5.56 Å². The van der Waals surface area contributed by atoms with Crippen LogP contribution in [0.25, 0.3) is 0 Å². The number of quaternary nitrogens is 1. The summed E-state index contributed by atoms with van der Waals surface area (Å²) in [6, 6.07) is 6.06. The Morgan fingerprint density at radius 1 is 1.25 bits per heavy atom. The molecule has 2 rings (SSSR count). The van der Waals surface area contributed by atoms with Crippen LogP contribution in [0.2, 0.25) is 0 Å². The zero-order chi connectivity index (χ0) is 17.5. The Morgan fingerprint density at radius 3 is 2.71 bits per heavy atom. The van der Waals surface area contributed by atoms with Crippen molar-refractivity contribution >= 4 is 11.9 Å². The number of hydrogen-bond donors (Lipinski definition) is 3. The molecule has 0 saturated carbocycles. The van der Waals surface area contributed by atoms with Crippen LogP contribution in [0.15, 0.2) is 41.0 Å². The third-order valence-electron chi connectivity index (χ3n) is 3.38. The molecule has 1 atom stereocenters. The predicted octanol–water partition coefficient (Wildman–Crippen LogP) is 1.21. The lowest BCUT2D eigenvalue weighted by atomic mass is 10.1. The van der Waals surface area contributed by atoms with Crippen LogP contribution in [0.5, 0.6) is 0 Å². The number of nitrogens with two attached hydrogens (primary N) is 1. The lowest BCUT2D eigenvalue weighted by molar-refractivity contribution is -0.682. The summed E-state index contributed by atoms with van der Waals surface area (Å²) in [6.07, 6.45) is 1.48. The van der Waals surface area contributed by atoms with E-state index in [2.05, 4.69) is 10.6 Å². The third kappa shape index (κ3) is 5.17. The van der Waals surface area contributed by atoms with Gasteiger partial charge in [-0.3, -0.25) is 10.1 Å². The maximum Gasteiger partial charge on any atom is 0.321 e. The molecule has 2 aromatic rings. The number of furan rings is 1. The topological polar surface area (TPSA) is 88.0 Å². The molecule has 0 unspecified atom stereocenters. The highest BCUT2D eigenvalue weighted by Gasteiger charge is 2.15. The van der Waals surface area contributed by atoms with Gasteiger partial charge in [-0.15, -0.1) is 0 Å². The van der Waals surface area contributed by atoms with Gasteiger partial charge in [-0.2, -0.15) is 0 Å². The standard InChI is InChI=1S/C16H17F2N3O3/c1-10(11-4-5-13(17)14(18)7-11)19-9-15(22)21-16(23)20-8-12-3-2-6-24-12/h2-7,10,19H,8-9H2,1H3,(H2,20,21,22,23)/p+1/t10-/m0/s1. The molecule has 6 nitrogen and oxygen atoms in total. The Labute approximate surface area is 137 Å². The first kappa shape index (κ1) is 17.6. The SMILES string of the molecule is C[C@H]([NH2+]CC(=O)NC(=O)NCc1ccco1)c1ccc(F)c(F)c1. The van der Waals surface area contributed by atoms with Crippen LogP contribution in [0.3, 0.4) is 0 Å². The van der Waals surface area contributed by atoms with Crippen LogP contribution >= 0.6 is 0 Å². The van der Waals surface area contributed by atoms with E-state index in [0.29, 0.717) is 11.3 Å². The van der Waals surface area contributed by atoms with E-state index in [9.17, 15) is 18.4 Å². The fourth-order valence-corrected chi connectivity index (χ4v) is 2.02. The fourth-order valence-electron chi connectivity index (χ4n) is 2.02. The number of halogens is 2. The summed E-state index contributed by atoms with van der Waals surface area (Å²) in [5.41, 5.74) is 0.545. The van der Waals surface area contributed by atoms with Crippen LogP contribution in [0, 0.1) is 11.6 Å². The van der Waals surface area contributed by atoms with Gasteiger partial charge in [0.1, 0.15) is 11.8 Å². The van der Waals surface area contributed by atoms with E-state index in [4.69, 9.17) is 4.42 Å². The Bertz CT molecular complexity index is 705. The Morgan fingerprint density at radius 2 is 2.04 bits per heavy atom. The van der Waals surface area contributed by atoms with Gasteiger partial charge in [0.2, 0.25) is 0 Å². The summed E-state index contributed by atoms with van der Waals surface area (Å²) in [4.78, 5) is 23.3. The molecule has 0 spiro atoms. The Kier molecular flexibility index (Phi) is 6.02. The summed E-state index contributed by atoms with van der Waals surface area (Å²) in [5, 5.41) is 6.27. The molecule has 0 radical (unpaired) electrons. The molecule has 24 heavy (non-hydrogen) atoms. The van der Waals surface area contributed by atoms with E-state index in [0.717, 1.165) is 12.1 Å². The summed E-state index contributed by atoms with van der Waals surface area (Å²) < 4.78 is 31.1. The summed E-state index contributed by atoms with van der Waals surface area (Å²) in [6.45, 7) is 1.88. The monoisotopic (exact) mass is 338 g/mol. The molecule has 1 aromatic heterocycles. The largest absolute Gasteiger partial charge is 0.467 e. The highest BCUT2D eigenvalue weighted by molar-refractivity contribution is 5.94. The number of urea groups is 1. The minimum absolute atomic E-state index is 0.0334. The van der Waals surface area contributed by atoms with Crippen molar-refractivity contribution in [3.8, 4) is 0 Å². The summed E-state index contributed by atoms with van der Waals surface area (Å²) in [7, 11) is 0. The molecule has 0 saturated heterocycles. The van der Waals surface area contributed by atoms with E-state index in [1.54, 1.807) is 24.4 Å². The van der Waals surface area contributed by atoms with Gasteiger partial charge in [0.25, 0.3) is 5.91 Å². The van der Waals surface area contributed by atoms with Gasteiger partial charge >= 0.3 is 6.03 Å². The molecule has 0 aliphatic heterocycles. The molecule has 128 valence electrons. The van der Waals surface area contributed by atoms with Gasteiger partial charge in [-0.1, -0.05) is 0 Å². The van der Waals surface area contributed by atoms with Crippen molar-refractivity contribution in [3.63, 3.8) is 0 Å². The molecular formula is C16H18F2N3O3+. The van der Waals surface area contributed by atoms with Crippen molar-refractivity contribution in [2.75, 3.05) is 6.54 Å². The van der Waals surface area contributed by atoms with Crippen molar-refractivity contribution in [1.29, 1.82) is 0 Å². The number of hydrogen-bond acceptors (Lipinski definition) is 3. The van der Waals surface area contributed by atoms with Gasteiger partial charge in [-0.05, 0) is 37.3 Å². The second kappa shape index (κ2) is 8.21. The van der Waals surface area contributed by atoms with E-state index in [-0.39, 0.29) is 19.1 Å². The van der Waals surface area contributed by atoms with Crippen molar-refractivity contribution in [1.82, 2.24) is 10.6 Å². The number of carbonyl (C=O) groups is 2. The predicted molar refractivity (Wildman–Crippen MR) is 80.7 cm³/mol. The molecule has 0 fully saturated rings. The van der Waals surface area contributed by atoms with Crippen molar-refractivity contribution in [2.24, 2.45) is 0 Å². The minimum atomic E-state index is -0.936. The number of amides is 3. The van der Waals surface area contributed by atoms with E-state index >= 15 is 0 Å². The molecule has 0 aliphatic rings. The van der Waals surface area contributed by atoms with Gasteiger partial charge in [0.15, 0.2) is 18.2 Å². The summed E-state index contributed by atoms with van der Waals surface area (Å²) >= 11 is 0. The molecule has 1 aromatic carbocycles. The molecule has 4 N–H and O–H groups in total. The normalized spacial score (nSPS) is 11.8. The molecule has 1 heterocycles. The van der Waals surface area contributed by atoms with Crippen LogP contribution in [-0.2, 0) is 11.3 Å². The number of imide groups is 1. The molecule has 8 heteroatoms. The zero-order valence-corrected chi connectivity index (χ0v) is 13.0. The van der Waals surface area contributed by atoms with Crippen LogP contribution < -0.4 is 16.0 Å². The van der Waals surface area contributed by atoms with Crippen molar-refractivity contribution in [3.05, 3.63) is 59.6 Å². The van der Waals surface area contributed by atoms with Crippen LogP contribution in [0.4, 0.5) is 13.6 Å². The Balaban J connectivity index is 1.73. The second-order valence-electron chi connectivity index (χ2n) is 5.21. The lowest BCUT2D eigenvalue weighted by Gasteiger charge is -2.11. The van der Waals surface area contributed by atoms with Crippen LogP contribution in [0.1, 0.15) is 24.3 Å². The van der Waals surface area contributed by atoms with E-state index in [1.807, 2.05) is 0 Å². The smallest absolute Gasteiger partial charge is 0.321 e. The van der Waals surface area contributed by atoms with Crippen LogP contribution in [-0.4, -0.2) is 18.5 Å². The number of benzene rings is 1. The molecule has 0 aliphatic carbocycles. The third-order valence-corrected chi connectivity index (χ3v) is 3.38. The van der Waals surface area contributed by atoms with Gasteiger partial charge in [-0.25, -0.2) is 13.6 Å². The summed E-state index contributed by atoms with van der Waals surface area (Å²) in [5.74, 6) is -1.79. The van der Waals surface area contributed by atoms with E-state index < -0.39 is 23.6 Å². The molecule has 0 bridgehead atoms. The van der Waals surface area contributed by atoms with Crippen molar-refractivity contribution < 1.29 is 28.1 Å².